The zero-order valence-electron chi connectivity index (χ0n) is 8.35. The first kappa shape index (κ1) is 11.8. The molecule has 90 valence electrons. The number of nitrogens with one attached hydrogen (secondary N) is 1. The van der Waals surface area contributed by atoms with Crippen LogP contribution in [0, 0.1) is 0 Å². The molecule has 0 amide bonds. The van der Waals surface area contributed by atoms with Crippen molar-refractivity contribution in [1.82, 2.24) is 9.97 Å². The van der Waals surface area contributed by atoms with Crippen LogP contribution in [0.5, 0.6) is 0 Å². The second-order valence-electron chi connectivity index (χ2n) is 3.37. The Bertz CT molecular complexity index is 548. The fourth-order valence-corrected chi connectivity index (χ4v) is 1.51. The van der Waals surface area contributed by atoms with E-state index in [1.54, 1.807) is 6.07 Å². The number of benzene rings is 1. The molecule has 3 N–H and O–H groups in total. The van der Waals surface area contributed by atoms with Gasteiger partial charge in [-0.3, -0.25) is 0 Å². The summed E-state index contributed by atoms with van der Waals surface area (Å²) < 4.78 is 37.1. The monoisotopic (exact) mass is 261 g/mol. The summed E-state index contributed by atoms with van der Waals surface area (Å²) in [5, 5.41) is 0.374. The van der Waals surface area contributed by atoms with Crippen molar-refractivity contribution in [2.45, 2.75) is 6.18 Å². The molecule has 0 fully saturated rings. The number of nitrogens with two attached hydrogens (primary N) is 1. The molecule has 2 aromatic rings. The van der Waals surface area contributed by atoms with E-state index in [1.165, 1.54) is 12.1 Å². The number of nitrogen functional groups attached to an aromatic ring is 1. The van der Waals surface area contributed by atoms with Crippen molar-refractivity contribution < 1.29 is 13.2 Å². The van der Waals surface area contributed by atoms with Gasteiger partial charge in [0.1, 0.15) is 11.5 Å². The molecule has 3 nitrogen and oxygen atoms in total. The highest BCUT2D eigenvalue weighted by molar-refractivity contribution is 6.31. The molecule has 17 heavy (non-hydrogen) atoms. The first-order chi connectivity index (χ1) is 7.88. The summed E-state index contributed by atoms with van der Waals surface area (Å²) in [7, 11) is 0. The zero-order valence-corrected chi connectivity index (χ0v) is 9.10. The maximum atomic E-state index is 12.4. The van der Waals surface area contributed by atoms with Crippen LogP contribution in [0.25, 0.3) is 11.4 Å². The number of nitrogens with zero attached hydrogens (tertiary/aromatic N) is 1. The number of aromatic nitrogens is 2. The van der Waals surface area contributed by atoms with Crippen molar-refractivity contribution in [3.8, 4) is 11.4 Å². The predicted molar refractivity (Wildman–Crippen MR) is 58.4 cm³/mol. The van der Waals surface area contributed by atoms with Crippen molar-refractivity contribution >= 4 is 17.3 Å². The summed E-state index contributed by atoms with van der Waals surface area (Å²) in [5.41, 5.74) is 5.36. The van der Waals surface area contributed by atoms with Crippen molar-refractivity contribution in [3.05, 3.63) is 35.1 Å². The van der Waals surface area contributed by atoms with Crippen molar-refractivity contribution in [1.29, 1.82) is 0 Å². The van der Waals surface area contributed by atoms with Gasteiger partial charge in [0.2, 0.25) is 0 Å². The third-order valence-corrected chi connectivity index (χ3v) is 2.39. The lowest BCUT2D eigenvalue weighted by Crippen LogP contribution is -2.04. The van der Waals surface area contributed by atoms with Gasteiger partial charge in [-0.2, -0.15) is 13.2 Å². The van der Waals surface area contributed by atoms with Crippen molar-refractivity contribution in [2.24, 2.45) is 0 Å². The Morgan fingerprint density at radius 1 is 1.29 bits per heavy atom. The number of anilines is 1. The van der Waals surface area contributed by atoms with Crippen molar-refractivity contribution in [2.75, 3.05) is 5.73 Å². The number of imidazole rings is 1. The summed E-state index contributed by atoms with van der Waals surface area (Å²) in [6.45, 7) is 0. The van der Waals surface area contributed by atoms with Gasteiger partial charge in [0.15, 0.2) is 0 Å². The largest absolute Gasteiger partial charge is 0.432 e. The molecular formula is C10H7ClF3N3. The second kappa shape index (κ2) is 3.96. The number of alkyl halides is 3. The smallest absolute Gasteiger partial charge is 0.398 e. The van der Waals surface area contributed by atoms with Crippen LogP contribution >= 0.6 is 11.6 Å². The Labute approximate surface area is 99.4 Å². The quantitative estimate of drug-likeness (QED) is 0.774. The molecule has 0 unspecified atom stereocenters. The number of hydrogen-bond donors (Lipinski definition) is 2. The Morgan fingerprint density at radius 3 is 2.59 bits per heavy atom. The SMILES string of the molecule is Nc1ccc(Cl)cc1-c1ncc(C(F)(F)F)[nH]1. The summed E-state index contributed by atoms with van der Waals surface area (Å²) in [5.74, 6) is 0.0392. The highest BCUT2D eigenvalue weighted by Crippen LogP contribution is 2.31. The molecular weight excluding hydrogens is 255 g/mol. The minimum atomic E-state index is -4.46. The van der Waals surface area contributed by atoms with Crippen LogP contribution in [0.15, 0.2) is 24.4 Å². The molecule has 0 bridgehead atoms. The lowest BCUT2D eigenvalue weighted by Gasteiger charge is -2.04. The van der Waals surface area contributed by atoms with Gasteiger partial charge in [0, 0.05) is 16.3 Å². The fourth-order valence-electron chi connectivity index (χ4n) is 1.34. The van der Waals surface area contributed by atoms with Gasteiger partial charge >= 0.3 is 6.18 Å². The summed E-state index contributed by atoms with van der Waals surface area (Å²) in [6.07, 6.45) is -3.74. The molecule has 0 aliphatic rings. The Hall–Kier alpha value is -1.69. The first-order valence-corrected chi connectivity index (χ1v) is 4.93. The van der Waals surface area contributed by atoms with E-state index >= 15 is 0 Å². The normalized spacial score (nSPS) is 11.8. The number of aromatic amines is 1. The van der Waals surface area contributed by atoms with Gasteiger partial charge in [-0.25, -0.2) is 4.98 Å². The Kier molecular flexibility index (Phi) is 2.74. The number of hydrogen-bond acceptors (Lipinski definition) is 2. The number of halogens is 4. The molecule has 0 radical (unpaired) electrons. The minimum Gasteiger partial charge on any atom is -0.398 e. The predicted octanol–water partition coefficient (Wildman–Crippen LogP) is 3.33. The van der Waals surface area contributed by atoms with Crippen LogP contribution in [0.4, 0.5) is 18.9 Å². The molecule has 1 aromatic carbocycles. The van der Waals surface area contributed by atoms with Crippen LogP contribution < -0.4 is 5.73 Å². The van der Waals surface area contributed by atoms with Gasteiger partial charge in [-0.15, -0.1) is 0 Å². The topological polar surface area (TPSA) is 54.7 Å². The molecule has 0 saturated carbocycles. The van der Waals surface area contributed by atoms with E-state index in [9.17, 15) is 13.2 Å². The van der Waals surface area contributed by atoms with Gasteiger partial charge in [-0.1, -0.05) is 11.6 Å². The summed E-state index contributed by atoms with van der Waals surface area (Å²) >= 11 is 5.74. The molecule has 0 aliphatic heterocycles. The lowest BCUT2D eigenvalue weighted by molar-refractivity contribution is -0.140. The zero-order chi connectivity index (χ0) is 12.6. The van der Waals surface area contributed by atoms with Crippen LogP contribution in [0.2, 0.25) is 5.02 Å². The van der Waals surface area contributed by atoms with Crippen LogP contribution in [0.3, 0.4) is 0 Å². The third kappa shape index (κ3) is 2.36. The molecule has 0 aliphatic carbocycles. The minimum absolute atomic E-state index is 0.0392. The van der Waals surface area contributed by atoms with E-state index in [4.69, 9.17) is 17.3 Å². The van der Waals surface area contributed by atoms with E-state index in [-0.39, 0.29) is 5.82 Å². The summed E-state index contributed by atoms with van der Waals surface area (Å²) in [6, 6.07) is 4.51. The van der Waals surface area contributed by atoms with Gasteiger partial charge in [-0.05, 0) is 18.2 Å². The average molecular weight is 262 g/mol. The van der Waals surface area contributed by atoms with Gasteiger partial charge in [0.05, 0.1) is 6.20 Å². The first-order valence-electron chi connectivity index (χ1n) is 4.55. The maximum Gasteiger partial charge on any atom is 0.432 e. The van der Waals surface area contributed by atoms with Crippen LogP contribution in [0.1, 0.15) is 5.69 Å². The molecule has 0 atom stereocenters. The number of rotatable bonds is 1. The standard InChI is InChI=1S/C10H7ClF3N3/c11-5-1-2-7(15)6(3-5)9-16-4-8(17-9)10(12,13)14/h1-4H,15H2,(H,16,17). The molecule has 7 heteroatoms. The Balaban J connectivity index is 2.47. The Morgan fingerprint density at radius 2 is 2.00 bits per heavy atom. The summed E-state index contributed by atoms with van der Waals surface area (Å²) in [4.78, 5) is 5.80. The molecule has 1 heterocycles. The average Bonchev–Trinajstić information content (AvgIpc) is 2.70. The fraction of sp³-hybridized carbons (Fsp3) is 0.100. The highest BCUT2D eigenvalue weighted by Gasteiger charge is 2.33. The van der Waals surface area contributed by atoms with E-state index in [0.29, 0.717) is 16.3 Å². The highest BCUT2D eigenvalue weighted by atomic mass is 35.5. The van der Waals surface area contributed by atoms with Gasteiger partial charge < -0.3 is 10.7 Å². The van der Waals surface area contributed by atoms with Crippen LogP contribution in [-0.2, 0) is 6.18 Å². The van der Waals surface area contributed by atoms with E-state index in [2.05, 4.69) is 9.97 Å². The molecule has 1 aromatic heterocycles. The van der Waals surface area contributed by atoms with E-state index in [1.807, 2.05) is 0 Å². The number of H-pyrrole nitrogens is 1. The third-order valence-electron chi connectivity index (χ3n) is 2.15. The van der Waals surface area contributed by atoms with E-state index < -0.39 is 11.9 Å². The van der Waals surface area contributed by atoms with Crippen LogP contribution in [-0.4, -0.2) is 9.97 Å². The second-order valence-corrected chi connectivity index (χ2v) is 3.81. The molecule has 0 saturated heterocycles. The van der Waals surface area contributed by atoms with Gasteiger partial charge in [0.25, 0.3) is 0 Å². The maximum absolute atomic E-state index is 12.4. The molecule has 0 spiro atoms. The van der Waals surface area contributed by atoms with Crippen molar-refractivity contribution in [3.63, 3.8) is 0 Å². The lowest BCUT2D eigenvalue weighted by atomic mass is 10.2. The molecule has 2 rings (SSSR count). The van der Waals surface area contributed by atoms with E-state index in [0.717, 1.165) is 6.20 Å².